The number of aromatic nitrogens is 3. The second kappa shape index (κ2) is 7.19. The van der Waals surface area contributed by atoms with Gasteiger partial charge in [0.15, 0.2) is 0 Å². The number of amides is 1. The van der Waals surface area contributed by atoms with E-state index in [0.717, 1.165) is 17.0 Å². The topological polar surface area (TPSA) is 68.5 Å². The third-order valence-corrected chi connectivity index (χ3v) is 5.43. The number of rotatable bonds is 4. The van der Waals surface area contributed by atoms with Crippen LogP contribution >= 0.6 is 34.5 Å². The number of anilines is 1. The van der Waals surface area contributed by atoms with E-state index in [2.05, 4.69) is 15.4 Å². The summed E-state index contributed by atoms with van der Waals surface area (Å²) in [6.07, 6.45) is 0. The normalized spacial score (nSPS) is 10.9. The minimum Gasteiger partial charge on any atom is -0.497 e. The van der Waals surface area contributed by atoms with Gasteiger partial charge in [0.25, 0.3) is 11.9 Å². The van der Waals surface area contributed by atoms with Crippen molar-refractivity contribution in [2.24, 2.45) is 0 Å². The molecule has 136 valence electrons. The number of benzene rings is 2. The van der Waals surface area contributed by atoms with Crippen LogP contribution in [0.25, 0.3) is 16.2 Å². The molecule has 1 N–H and O–H groups in total. The van der Waals surface area contributed by atoms with Gasteiger partial charge in [-0.15, -0.1) is 16.4 Å². The summed E-state index contributed by atoms with van der Waals surface area (Å²) in [6, 6.07) is 12.3. The van der Waals surface area contributed by atoms with Crippen molar-refractivity contribution in [1.29, 1.82) is 0 Å². The van der Waals surface area contributed by atoms with Crippen LogP contribution in [0.2, 0.25) is 10.0 Å². The summed E-state index contributed by atoms with van der Waals surface area (Å²) in [5, 5.41) is 9.73. The van der Waals surface area contributed by atoms with Crippen molar-refractivity contribution in [3.63, 3.8) is 0 Å². The molecule has 2 aromatic heterocycles. The van der Waals surface area contributed by atoms with Crippen LogP contribution in [0.5, 0.6) is 5.75 Å². The van der Waals surface area contributed by atoms with Crippen molar-refractivity contribution in [1.82, 2.24) is 14.6 Å². The molecule has 0 fully saturated rings. The summed E-state index contributed by atoms with van der Waals surface area (Å²) >= 11 is 13.3. The Morgan fingerprint density at radius 1 is 1.15 bits per heavy atom. The van der Waals surface area contributed by atoms with E-state index in [1.54, 1.807) is 23.8 Å². The zero-order valence-corrected chi connectivity index (χ0v) is 16.3. The van der Waals surface area contributed by atoms with E-state index in [9.17, 15) is 4.79 Å². The van der Waals surface area contributed by atoms with Crippen molar-refractivity contribution < 1.29 is 9.53 Å². The van der Waals surface area contributed by atoms with E-state index in [-0.39, 0.29) is 11.9 Å². The number of nitrogens with one attached hydrogen (secondary N) is 1. The predicted molar refractivity (Wildman–Crippen MR) is 107 cm³/mol. The molecule has 4 aromatic rings. The lowest BCUT2D eigenvalue weighted by molar-refractivity contribution is 0.102. The van der Waals surface area contributed by atoms with E-state index < -0.39 is 0 Å². The van der Waals surface area contributed by atoms with Gasteiger partial charge in [-0.05, 0) is 42.5 Å². The second-order valence-electron chi connectivity index (χ2n) is 5.56. The van der Waals surface area contributed by atoms with Gasteiger partial charge in [-0.3, -0.25) is 10.1 Å². The maximum absolute atomic E-state index is 12.4. The molecule has 0 saturated heterocycles. The first-order chi connectivity index (χ1) is 13.0. The lowest BCUT2D eigenvalue weighted by atomic mass is 10.2. The Morgan fingerprint density at radius 3 is 2.63 bits per heavy atom. The number of hydrogen-bond donors (Lipinski definition) is 1. The number of methoxy groups -OCH3 is 1. The van der Waals surface area contributed by atoms with Crippen LogP contribution in [0.15, 0.2) is 47.8 Å². The highest BCUT2D eigenvalue weighted by Crippen LogP contribution is 2.28. The molecule has 0 aliphatic carbocycles. The first-order valence-corrected chi connectivity index (χ1v) is 9.44. The van der Waals surface area contributed by atoms with Gasteiger partial charge < -0.3 is 4.74 Å². The molecule has 27 heavy (non-hydrogen) atoms. The Hall–Kier alpha value is -2.61. The Labute approximate surface area is 168 Å². The molecule has 0 aliphatic heterocycles. The third-order valence-electron chi connectivity index (χ3n) is 3.87. The first kappa shape index (κ1) is 17.8. The SMILES string of the molecule is COc1ccc(-c2csc3nc(NC(=O)c4ccc(Cl)c(Cl)c4)nn23)cc1. The molecule has 0 spiro atoms. The lowest BCUT2D eigenvalue weighted by Gasteiger charge is -2.03. The van der Waals surface area contributed by atoms with E-state index >= 15 is 0 Å². The minimum absolute atomic E-state index is 0.215. The molecule has 0 saturated carbocycles. The average molecular weight is 419 g/mol. The Bertz CT molecular complexity index is 1140. The zero-order chi connectivity index (χ0) is 19.0. The smallest absolute Gasteiger partial charge is 0.258 e. The van der Waals surface area contributed by atoms with Crippen molar-refractivity contribution >= 4 is 51.4 Å². The predicted octanol–water partition coefficient (Wildman–Crippen LogP) is 5.03. The molecule has 2 aromatic carbocycles. The minimum atomic E-state index is -0.363. The molecule has 0 atom stereocenters. The number of ether oxygens (including phenoxy) is 1. The van der Waals surface area contributed by atoms with Crippen molar-refractivity contribution in [3.05, 3.63) is 63.5 Å². The van der Waals surface area contributed by atoms with Gasteiger partial charge in [-0.1, -0.05) is 23.2 Å². The molecular weight excluding hydrogens is 407 g/mol. The number of fused-ring (bicyclic) bond motifs is 1. The summed E-state index contributed by atoms with van der Waals surface area (Å²) in [5.41, 5.74) is 2.22. The molecule has 6 nitrogen and oxygen atoms in total. The Kier molecular flexibility index (Phi) is 4.73. The fraction of sp³-hybridized carbons (Fsp3) is 0.0556. The van der Waals surface area contributed by atoms with Gasteiger partial charge in [-0.2, -0.15) is 4.98 Å². The first-order valence-electron chi connectivity index (χ1n) is 7.80. The summed E-state index contributed by atoms with van der Waals surface area (Å²) < 4.78 is 6.87. The summed E-state index contributed by atoms with van der Waals surface area (Å²) in [7, 11) is 1.62. The highest BCUT2D eigenvalue weighted by atomic mass is 35.5. The van der Waals surface area contributed by atoms with E-state index in [1.807, 2.05) is 29.6 Å². The van der Waals surface area contributed by atoms with Crippen LogP contribution < -0.4 is 10.1 Å². The fourth-order valence-electron chi connectivity index (χ4n) is 2.51. The van der Waals surface area contributed by atoms with Crippen molar-refractivity contribution in [3.8, 4) is 17.0 Å². The monoisotopic (exact) mass is 418 g/mol. The Morgan fingerprint density at radius 2 is 1.93 bits per heavy atom. The quantitative estimate of drug-likeness (QED) is 0.504. The summed E-state index contributed by atoms with van der Waals surface area (Å²) in [4.78, 5) is 17.4. The molecule has 0 unspecified atom stereocenters. The van der Waals surface area contributed by atoms with E-state index in [4.69, 9.17) is 27.9 Å². The maximum Gasteiger partial charge on any atom is 0.258 e. The fourth-order valence-corrected chi connectivity index (χ4v) is 3.63. The van der Waals surface area contributed by atoms with Crippen LogP contribution in [0.4, 0.5) is 5.95 Å². The van der Waals surface area contributed by atoms with Crippen LogP contribution in [-0.2, 0) is 0 Å². The van der Waals surface area contributed by atoms with Gasteiger partial charge in [0.2, 0.25) is 4.96 Å². The van der Waals surface area contributed by atoms with E-state index in [0.29, 0.717) is 20.6 Å². The zero-order valence-electron chi connectivity index (χ0n) is 13.9. The maximum atomic E-state index is 12.4. The molecule has 0 bridgehead atoms. The highest BCUT2D eigenvalue weighted by Gasteiger charge is 2.15. The summed E-state index contributed by atoms with van der Waals surface area (Å²) in [5.74, 6) is 0.629. The van der Waals surface area contributed by atoms with Gasteiger partial charge in [0.05, 0.1) is 22.8 Å². The van der Waals surface area contributed by atoms with E-state index in [1.165, 1.54) is 17.4 Å². The van der Waals surface area contributed by atoms with Crippen LogP contribution in [0.1, 0.15) is 10.4 Å². The lowest BCUT2D eigenvalue weighted by Crippen LogP contribution is -2.13. The van der Waals surface area contributed by atoms with Crippen LogP contribution in [0, 0.1) is 0 Å². The number of nitrogens with zero attached hydrogens (tertiary/aromatic N) is 3. The molecule has 0 radical (unpaired) electrons. The number of carbonyl (C=O) groups is 1. The third kappa shape index (κ3) is 3.49. The van der Waals surface area contributed by atoms with Gasteiger partial charge in [-0.25, -0.2) is 4.52 Å². The van der Waals surface area contributed by atoms with Crippen LogP contribution in [0.3, 0.4) is 0 Å². The van der Waals surface area contributed by atoms with Gasteiger partial charge in [0.1, 0.15) is 5.75 Å². The number of thiazole rings is 1. The van der Waals surface area contributed by atoms with Gasteiger partial charge in [0, 0.05) is 16.5 Å². The molecule has 0 aliphatic rings. The summed E-state index contributed by atoms with van der Waals surface area (Å²) in [6.45, 7) is 0. The molecule has 2 heterocycles. The second-order valence-corrected chi connectivity index (χ2v) is 7.21. The van der Waals surface area contributed by atoms with Crippen molar-refractivity contribution in [2.75, 3.05) is 12.4 Å². The largest absolute Gasteiger partial charge is 0.497 e. The van der Waals surface area contributed by atoms with Crippen LogP contribution in [-0.4, -0.2) is 27.6 Å². The highest BCUT2D eigenvalue weighted by molar-refractivity contribution is 7.15. The van der Waals surface area contributed by atoms with Gasteiger partial charge >= 0.3 is 0 Å². The molecule has 1 amide bonds. The van der Waals surface area contributed by atoms with Crippen molar-refractivity contribution in [2.45, 2.75) is 0 Å². The standard InChI is InChI=1S/C18H12Cl2N4O2S/c1-26-12-5-2-10(3-6-12)15-9-27-18-22-17(23-24(15)18)21-16(25)11-4-7-13(19)14(20)8-11/h2-9H,1H3,(H,21,23,25). The number of hydrogen-bond acceptors (Lipinski definition) is 5. The number of carbonyl (C=O) groups excluding carboxylic acids is 1. The average Bonchev–Trinajstić information content (AvgIpc) is 3.24. The Balaban J connectivity index is 1.61. The molecule has 4 rings (SSSR count). The molecule has 9 heteroatoms. The number of halogens is 2. The molecular formula is C18H12Cl2N4O2S.